The van der Waals surface area contributed by atoms with Gasteiger partial charge in [-0.25, -0.2) is 0 Å². The summed E-state index contributed by atoms with van der Waals surface area (Å²) in [5.74, 6) is 0. The summed E-state index contributed by atoms with van der Waals surface area (Å²) in [6.45, 7) is 80.0. The van der Waals surface area contributed by atoms with E-state index in [0.717, 1.165) is 0 Å². The van der Waals surface area contributed by atoms with Gasteiger partial charge in [0.05, 0.1) is 0 Å². The van der Waals surface area contributed by atoms with Crippen molar-refractivity contribution in [3.8, 4) is 0 Å². The van der Waals surface area contributed by atoms with E-state index in [4.69, 9.17) is 0 Å². The Labute approximate surface area is 330 Å². The number of hydrogen-bond acceptors (Lipinski definition) is 0. The second kappa shape index (κ2) is 26000. The van der Waals surface area contributed by atoms with Crippen molar-refractivity contribution in [2.24, 2.45) is 0 Å². The van der Waals surface area contributed by atoms with E-state index in [0.29, 0.717) is 0 Å². The molecule has 295 valence electrons. The van der Waals surface area contributed by atoms with Gasteiger partial charge in [0.1, 0.15) is 0 Å². The number of hydrogen-bond donors (Lipinski definition) is 0. The van der Waals surface area contributed by atoms with Crippen molar-refractivity contribution in [2.75, 3.05) is 0 Å². The Balaban J connectivity index is -0.00000000465. The zero-order chi connectivity index (χ0) is 40.0. The molecular formula is C40H120V3. The molecule has 3 heteroatoms. The van der Waals surface area contributed by atoms with Gasteiger partial charge in [0.2, 0.25) is 0 Å². The maximum absolute atomic E-state index is 2.00. The van der Waals surface area contributed by atoms with Crippen LogP contribution in [0.3, 0.4) is 0 Å². The molecule has 0 N–H and O–H groups in total. The molecule has 0 aromatic carbocycles. The van der Waals surface area contributed by atoms with Crippen LogP contribution in [-0.4, -0.2) is 0 Å². The van der Waals surface area contributed by atoms with Gasteiger partial charge in [-0.2, -0.15) is 0 Å². The third-order valence-corrected chi connectivity index (χ3v) is 0. The van der Waals surface area contributed by atoms with Crippen LogP contribution in [0.25, 0.3) is 0 Å². The van der Waals surface area contributed by atoms with Crippen molar-refractivity contribution < 1.29 is 55.7 Å². The molecule has 0 aliphatic carbocycles. The van der Waals surface area contributed by atoms with Crippen LogP contribution in [0.5, 0.6) is 0 Å². The van der Waals surface area contributed by atoms with E-state index in [1.807, 2.05) is 277 Å². The van der Waals surface area contributed by atoms with Gasteiger partial charge in [0.15, 0.2) is 0 Å². The molecule has 0 aliphatic rings. The third-order valence-electron chi connectivity index (χ3n) is 0. The molecule has 43 heavy (non-hydrogen) atoms. The molecule has 0 spiro atoms. The Hall–Kier alpha value is 1.75. The summed E-state index contributed by atoms with van der Waals surface area (Å²) >= 11 is 0. The van der Waals surface area contributed by atoms with Crippen molar-refractivity contribution in [3.63, 3.8) is 0 Å². The molecule has 3 radical (unpaired) electrons. The van der Waals surface area contributed by atoms with Crippen LogP contribution in [-0.2, 0) is 55.7 Å². The van der Waals surface area contributed by atoms with E-state index in [-0.39, 0.29) is 55.7 Å². The van der Waals surface area contributed by atoms with Crippen molar-refractivity contribution in [1.29, 1.82) is 0 Å². The average Bonchev–Trinajstić information content (AvgIpc) is 3.21. The van der Waals surface area contributed by atoms with Gasteiger partial charge >= 0.3 is 0 Å². The molecule has 0 atom stereocenters. The third kappa shape index (κ3) is 24800. The minimum atomic E-state index is 0. The molecular weight excluding hydrogens is 633 g/mol. The minimum Gasteiger partial charge on any atom is -0.0683 e. The fourth-order valence-electron chi connectivity index (χ4n) is 0. The molecule has 0 amide bonds. The summed E-state index contributed by atoms with van der Waals surface area (Å²) in [7, 11) is 0. The fourth-order valence-corrected chi connectivity index (χ4v) is 0. The molecule has 0 saturated carbocycles. The van der Waals surface area contributed by atoms with Gasteiger partial charge in [-0.15, -0.1) is 0 Å². The largest absolute Gasteiger partial charge is 0.0683 e. The van der Waals surface area contributed by atoms with Gasteiger partial charge in [-0.05, 0) is 0 Å². The van der Waals surface area contributed by atoms with E-state index in [2.05, 4.69) is 0 Å². The Bertz CT molecular complexity index is 15.7. The van der Waals surface area contributed by atoms with Crippen LogP contribution in [0.4, 0.5) is 0 Å². The normalized spacial score (nSPS) is 2.79. The zero-order valence-electron chi connectivity index (χ0n) is 41.3. The Kier molecular flexibility index (Phi) is 110000. The van der Waals surface area contributed by atoms with Gasteiger partial charge in [-0.3, -0.25) is 0 Å². The summed E-state index contributed by atoms with van der Waals surface area (Å²) in [6, 6.07) is 0. The van der Waals surface area contributed by atoms with Crippen LogP contribution in [0.2, 0.25) is 0 Å². The van der Waals surface area contributed by atoms with E-state index in [1.54, 1.807) is 0 Å². The quantitative estimate of drug-likeness (QED) is 0.231. The van der Waals surface area contributed by atoms with E-state index in [1.165, 1.54) is 0 Å². The van der Waals surface area contributed by atoms with Crippen LogP contribution in [0, 0.1) is 0 Å². The zero-order valence-corrected chi connectivity index (χ0v) is 45.5. The molecule has 0 fully saturated rings. The van der Waals surface area contributed by atoms with Crippen LogP contribution < -0.4 is 0 Å². The summed E-state index contributed by atoms with van der Waals surface area (Å²) in [5, 5.41) is 0. The average molecular weight is 754 g/mol. The first-order chi connectivity index (χ1) is 20.0. The van der Waals surface area contributed by atoms with E-state index >= 15 is 0 Å². The van der Waals surface area contributed by atoms with Crippen molar-refractivity contribution in [2.45, 2.75) is 277 Å². The smallest absolute Gasteiger partial charge is 0 e. The minimum absolute atomic E-state index is 0. The summed E-state index contributed by atoms with van der Waals surface area (Å²) in [5.41, 5.74) is 0. The first kappa shape index (κ1) is 181. The van der Waals surface area contributed by atoms with Gasteiger partial charge < -0.3 is 0 Å². The Morgan fingerprint density at radius 3 is 0.0698 bits per heavy atom. The maximum atomic E-state index is 2.00. The van der Waals surface area contributed by atoms with E-state index < -0.39 is 0 Å². The fraction of sp³-hybridized carbons (Fsp3) is 1.00. The topological polar surface area (TPSA) is 0 Å². The van der Waals surface area contributed by atoms with Crippen molar-refractivity contribution in [1.82, 2.24) is 0 Å². The summed E-state index contributed by atoms with van der Waals surface area (Å²) in [4.78, 5) is 0. The standard InChI is InChI=1S/20C2H6.3V/c20*1-2;;;/h20*1-2H3;;;. The SMILES string of the molecule is CC.CC.CC.CC.CC.CC.CC.CC.CC.CC.CC.CC.CC.CC.CC.CC.CC.CC.CC.CC.[V].[V].[V]. The Morgan fingerprint density at radius 1 is 0.0698 bits per heavy atom. The molecule has 0 nitrogen and oxygen atoms in total. The van der Waals surface area contributed by atoms with Crippen LogP contribution in [0.15, 0.2) is 0 Å². The van der Waals surface area contributed by atoms with Gasteiger partial charge in [-0.1, -0.05) is 277 Å². The molecule has 0 aliphatic heterocycles. The first-order valence-corrected chi connectivity index (χ1v) is 20.0. The van der Waals surface area contributed by atoms with Gasteiger partial charge in [0.25, 0.3) is 0 Å². The summed E-state index contributed by atoms with van der Waals surface area (Å²) in [6.07, 6.45) is 0. The predicted octanol–water partition coefficient (Wildman–Crippen LogP) is 20.5. The van der Waals surface area contributed by atoms with Crippen LogP contribution >= 0.6 is 0 Å². The molecule has 0 heterocycles. The van der Waals surface area contributed by atoms with Crippen molar-refractivity contribution >= 4 is 0 Å². The monoisotopic (exact) mass is 754 g/mol. The maximum Gasteiger partial charge on any atom is 0 e. The predicted molar refractivity (Wildman–Crippen MR) is 227 cm³/mol. The molecule has 0 aromatic rings. The molecule has 0 aromatic heterocycles. The molecule has 0 unspecified atom stereocenters. The molecule has 0 saturated heterocycles. The first-order valence-electron chi connectivity index (χ1n) is 20.0. The Morgan fingerprint density at radius 2 is 0.0698 bits per heavy atom. The second-order valence-corrected chi connectivity index (χ2v) is 0. The molecule has 0 bridgehead atoms. The molecule has 0 rings (SSSR count). The van der Waals surface area contributed by atoms with E-state index in [9.17, 15) is 0 Å². The van der Waals surface area contributed by atoms with Crippen LogP contribution in [0.1, 0.15) is 277 Å². The number of rotatable bonds is 0. The second-order valence-electron chi connectivity index (χ2n) is 0. The van der Waals surface area contributed by atoms with Gasteiger partial charge in [0, 0.05) is 55.7 Å². The summed E-state index contributed by atoms with van der Waals surface area (Å²) < 4.78 is 0. The van der Waals surface area contributed by atoms with Crippen molar-refractivity contribution in [3.05, 3.63) is 0 Å².